The third-order valence-electron chi connectivity index (χ3n) is 2.55. The van der Waals surface area contributed by atoms with Crippen LogP contribution in [-0.2, 0) is 6.42 Å². The van der Waals surface area contributed by atoms with Gasteiger partial charge < -0.3 is 5.11 Å². The highest BCUT2D eigenvalue weighted by Gasteiger charge is 1.99. The van der Waals surface area contributed by atoms with Crippen molar-refractivity contribution in [3.05, 3.63) is 54.1 Å². The van der Waals surface area contributed by atoms with Gasteiger partial charge in [0.05, 0.1) is 0 Å². The molecule has 0 aliphatic rings. The summed E-state index contributed by atoms with van der Waals surface area (Å²) in [5, 5.41) is 7.43. The first-order valence-electron chi connectivity index (χ1n) is 5.20. The molecule has 0 heterocycles. The Kier molecular flexibility index (Phi) is 2.72. The molecule has 0 saturated carbocycles. The van der Waals surface area contributed by atoms with E-state index in [-0.39, 0.29) is 0 Å². The van der Waals surface area contributed by atoms with Crippen LogP contribution in [0.3, 0.4) is 0 Å². The van der Waals surface area contributed by atoms with Gasteiger partial charge in [-0.2, -0.15) is 0 Å². The summed E-state index contributed by atoms with van der Waals surface area (Å²) in [5.41, 5.74) is 3.76. The standard InChI is InChI=1S/C14H14O/c1-2-11-4-3-5-13(10-11)12-6-8-14(15)9-7-12/h3-10,15H,2H2,1H3/p+1. The Morgan fingerprint density at radius 3 is 2.33 bits per heavy atom. The number of rotatable bonds is 2. The van der Waals surface area contributed by atoms with Crippen molar-refractivity contribution in [2.75, 3.05) is 0 Å². The fourth-order valence-corrected chi connectivity index (χ4v) is 1.63. The molecule has 0 spiro atoms. The molecule has 0 atom stereocenters. The van der Waals surface area contributed by atoms with Crippen molar-refractivity contribution in [1.29, 1.82) is 0 Å². The minimum absolute atomic E-state index is 0.561. The maximum Gasteiger partial charge on any atom is 0.253 e. The minimum Gasteiger partial charge on any atom is -0.593 e. The summed E-state index contributed by atoms with van der Waals surface area (Å²) in [6.07, 6.45) is 1.06. The summed E-state index contributed by atoms with van der Waals surface area (Å²) in [5.74, 6) is 0.561. The number of benzene rings is 2. The summed E-state index contributed by atoms with van der Waals surface area (Å²) in [6.45, 7) is 2.16. The summed E-state index contributed by atoms with van der Waals surface area (Å²) >= 11 is 0. The van der Waals surface area contributed by atoms with Gasteiger partial charge in [0, 0.05) is 12.1 Å². The number of aryl methyl sites for hydroxylation is 1. The van der Waals surface area contributed by atoms with Gasteiger partial charge in [0.2, 0.25) is 0 Å². The average Bonchev–Trinajstić information content (AvgIpc) is 2.30. The minimum atomic E-state index is 0.561. The highest BCUT2D eigenvalue weighted by molar-refractivity contribution is 5.64. The second-order valence-electron chi connectivity index (χ2n) is 3.63. The Balaban J connectivity index is 2.40. The quantitative estimate of drug-likeness (QED) is 0.662. The topological polar surface area (TPSA) is 22.9 Å². The molecule has 0 unspecified atom stereocenters. The predicted molar refractivity (Wildman–Crippen MR) is 64.3 cm³/mol. The maximum absolute atomic E-state index is 7.43. The van der Waals surface area contributed by atoms with E-state index >= 15 is 0 Å². The molecule has 2 aromatic rings. The van der Waals surface area contributed by atoms with Gasteiger partial charge in [-0.05, 0) is 35.2 Å². The Morgan fingerprint density at radius 2 is 1.67 bits per heavy atom. The van der Waals surface area contributed by atoms with E-state index in [4.69, 9.17) is 5.11 Å². The Labute approximate surface area is 90.0 Å². The first-order chi connectivity index (χ1) is 7.29. The predicted octanol–water partition coefficient (Wildman–Crippen LogP) is 3.35. The van der Waals surface area contributed by atoms with Crippen LogP contribution in [0, 0.1) is 0 Å². The lowest BCUT2D eigenvalue weighted by molar-refractivity contribution is 0.475. The first kappa shape index (κ1) is 9.78. The molecular formula is C14H15O+. The molecule has 76 valence electrons. The van der Waals surface area contributed by atoms with Crippen LogP contribution in [0.25, 0.3) is 11.1 Å². The molecule has 2 rings (SSSR count). The lowest BCUT2D eigenvalue weighted by Gasteiger charge is -2.03. The fourth-order valence-electron chi connectivity index (χ4n) is 1.63. The molecule has 15 heavy (non-hydrogen) atoms. The van der Waals surface area contributed by atoms with Crippen LogP contribution in [0.4, 0.5) is 0 Å². The summed E-state index contributed by atoms with van der Waals surface area (Å²) in [4.78, 5) is 0. The average molecular weight is 199 g/mol. The zero-order valence-electron chi connectivity index (χ0n) is 8.83. The van der Waals surface area contributed by atoms with Crippen LogP contribution < -0.4 is 0 Å². The number of hydrogen-bond acceptors (Lipinski definition) is 0. The van der Waals surface area contributed by atoms with E-state index in [0.29, 0.717) is 5.75 Å². The summed E-state index contributed by atoms with van der Waals surface area (Å²) in [7, 11) is 0. The van der Waals surface area contributed by atoms with E-state index in [1.54, 1.807) is 0 Å². The summed E-state index contributed by atoms with van der Waals surface area (Å²) in [6, 6.07) is 16.2. The van der Waals surface area contributed by atoms with Gasteiger partial charge in [-0.3, -0.25) is 0 Å². The van der Waals surface area contributed by atoms with E-state index in [1.807, 2.05) is 24.3 Å². The first-order valence-corrected chi connectivity index (χ1v) is 5.20. The highest BCUT2D eigenvalue weighted by atomic mass is 16.3. The monoisotopic (exact) mass is 199 g/mol. The van der Waals surface area contributed by atoms with Crippen molar-refractivity contribution in [3.63, 3.8) is 0 Å². The largest absolute Gasteiger partial charge is 0.593 e. The normalized spacial score (nSPS) is 10.2. The molecule has 1 heteroatoms. The van der Waals surface area contributed by atoms with Crippen LogP contribution in [0.1, 0.15) is 12.5 Å². The molecule has 0 aromatic heterocycles. The molecule has 0 radical (unpaired) electrons. The Bertz CT molecular complexity index is 443. The van der Waals surface area contributed by atoms with Crippen LogP contribution in [0.15, 0.2) is 48.5 Å². The highest BCUT2D eigenvalue weighted by Crippen LogP contribution is 2.22. The van der Waals surface area contributed by atoms with E-state index in [1.165, 1.54) is 16.7 Å². The van der Waals surface area contributed by atoms with E-state index in [9.17, 15) is 0 Å². The Morgan fingerprint density at radius 1 is 0.933 bits per heavy atom. The van der Waals surface area contributed by atoms with Gasteiger partial charge in [-0.25, -0.2) is 0 Å². The van der Waals surface area contributed by atoms with Crippen molar-refractivity contribution in [3.8, 4) is 16.9 Å². The van der Waals surface area contributed by atoms with E-state index in [0.717, 1.165) is 6.42 Å². The van der Waals surface area contributed by atoms with Crippen LogP contribution >= 0.6 is 0 Å². The molecule has 2 N–H and O–H groups in total. The second kappa shape index (κ2) is 4.18. The van der Waals surface area contributed by atoms with Crippen molar-refractivity contribution < 1.29 is 5.11 Å². The van der Waals surface area contributed by atoms with Crippen molar-refractivity contribution >= 4 is 0 Å². The molecule has 0 fully saturated rings. The second-order valence-corrected chi connectivity index (χ2v) is 3.63. The molecule has 1 nitrogen and oxygen atoms in total. The summed E-state index contributed by atoms with van der Waals surface area (Å²) < 4.78 is 0. The van der Waals surface area contributed by atoms with Crippen LogP contribution in [-0.4, -0.2) is 5.11 Å². The van der Waals surface area contributed by atoms with Gasteiger partial charge in [0.1, 0.15) is 0 Å². The van der Waals surface area contributed by atoms with Crippen molar-refractivity contribution in [1.82, 2.24) is 0 Å². The van der Waals surface area contributed by atoms with Gasteiger partial charge >= 0.3 is 0 Å². The van der Waals surface area contributed by atoms with E-state index < -0.39 is 0 Å². The molecule has 0 aliphatic carbocycles. The molecule has 0 amide bonds. The van der Waals surface area contributed by atoms with Gasteiger partial charge in [-0.1, -0.05) is 31.2 Å². The zero-order chi connectivity index (χ0) is 10.7. The van der Waals surface area contributed by atoms with Crippen molar-refractivity contribution in [2.24, 2.45) is 0 Å². The van der Waals surface area contributed by atoms with Crippen LogP contribution in [0.5, 0.6) is 5.75 Å². The van der Waals surface area contributed by atoms with Gasteiger partial charge in [0.15, 0.2) is 0 Å². The zero-order valence-corrected chi connectivity index (χ0v) is 8.83. The smallest absolute Gasteiger partial charge is 0.253 e. The SMILES string of the molecule is CCc1cccc(-c2ccc([OH2+])cc2)c1. The molecule has 0 saturated heterocycles. The van der Waals surface area contributed by atoms with Gasteiger partial charge in [-0.15, -0.1) is 0 Å². The molecular weight excluding hydrogens is 184 g/mol. The maximum atomic E-state index is 7.43. The van der Waals surface area contributed by atoms with Gasteiger partial charge in [0.25, 0.3) is 5.75 Å². The molecule has 0 aliphatic heterocycles. The Hall–Kier alpha value is -1.76. The molecule has 0 bridgehead atoms. The third-order valence-corrected chi connectivity index (χ3v) is 2.55. The third kappa shape index (κ3) is 2.18. The van der Waals surface area contributed by atoms with E-state index in [2.05, 4.69) is 31.2 Å². The number of hydrogen-bond donors (Lipinski definition) is 0. The molecule has 2 aromatic carbocycles. The van der Waals surface area contributed by atoms with Crippen LogP contribution in [0.2, 0.25) is 0 Å². The van der Waals surface area contributed by atoms with Crippen molar-refractivity contribution in [2.45, 2.75) is 13.3 Å². The fraction of sp³-hybridized carbons (Fsp3) is 0.143. The lowest BCUT2D eigenvalue weighted by Crippen LogP contribution is -1.82. The lowest BCUT2D eigenvalue weighted by atomic mass is 10.0.